The summed E-state index contributed by atoms with van der Waals surface area (Å²) >= 11 is 0. The average molecular weight is 443 g/mol. The molecular weight excluding hydrogens is 388 g/mol. The molecule has 5 rings (SSSR count). The maximum Gasteiger partial charge on any atom is 0.00127 e. The van der Waals surface area contributed by atoms with E-state index in [-0.39, 0.29) is 0 Å². The first-order valence-corrected chi connectivity index (χ1v) is 15.0. The van der Waals surface area contributed by atoms with Gasteiger partial charge in [-0.3, -0.25) is 0 Å². The number of piperidine rings is 2. The van der Waals surface area contributed by atoms with Gasteiger partial charge in [0.15, 0.2) is 0 Å². The maximum absolute atomic E-state index is 2.93. The van der Waals surface area contributed by atoms with Gasteiger partial charge in [0.2, 0.25) is 0 Å². The molecule has 0 aromatic carbocycles. The number of allylic oxidation sites excluding steroid dienone is 2. The SMILES string of the molecule is C1=CCC[C@H]2C[C@@H]3CN(CCCCCCCCCC[C@H]4CN(CCCCCC1)CC[C@H]34)C2. The molecule has 0 aromatic heterocycles. The first-order valence-electron chi connectivity index (χ1n) is 15.0. The van der Waals surface area contributed by atoms with Crippen molar-refractivity contribution in [2.45, 2.75) is 116 Å². The van der Waals surface area contributed by atoms with Crippen LogP contribution in [0.4, 0.5) is 0 Å². The Hall–Kier alpha value is -0.340. The van der Waals surface area contributed by atoms with Crippen molar-refractivity contribution < 1.29 is 0 Å². The highest BCUT2D eigenvalue weighted by atomic mass is 15.1. The number of hydrogen-bond donors (Lipinski definition) is 0. The van der Waals surface area contributed by atoms with Crippen molar-refractivity contribution in [1.82, 2.24) is 9.80 Å². The summed E-state index contributed by atoms with van der Waals surface area (Å²) in [5, 5.41) is 0. The Balaban J connectivity index is 1.48. The van der Waals surface area contributed by atoms with Gasteiger partial charge in [0.05, 0.1) is 0 Å². The van der Waals surface area contributed by atoms with Crippen LogP contribution in [0.1, 0.15) is 116 Å². The van der Waals surface area contributed by atoms with E-state index in [0.717, 1.165) is 23.7 Å². The zero-order valence-electron chi connectivity index (χ0n) is 21.3. The zero-order chi connectivity index (χ0) is 21.8. The van der Waals surface area contributed by atoms with Crippen LogP contribution in [0.2, 0.25) is 0 Å². The number of hydrogen-bond acceptors (Lipinski definition) is 2. The lowest BCUT2D eigenvalue weighted by Crippen LogP contribution is -2.49. The van der Waals surface area contributed by atoms with Crippen LogP contribution in [0.25, 0.3) is 0 Å². The lowest BCUT2D eigenvalue weighted by Gasteiger charge is -2.47. The van der Waals surface area contributed by atoms with Crippen LogP contribution < -0.4 is 0 Å². The second kappa shape index (κ2) is 14.1. The van der Waals surface area contributed by atoms with Crippen molar-refractivity contribution in [3.05, 3.63) is 12.2 Å². The summed E-state index contributed by atoms with van der Waals surface area (Å²) in [7, 11) is 0. The molecular formula is C30H54N2. The van der Waals surface area contributed by atoms with Crippen LogP contribution in [0.15, 0.2) is 12.2 Å². The van der Waals surface area contributed by atoms with Gasteiger partial charge in [0.25, 0.3) is 0 Å². The molecule has 6 atom stereocenters. The van der Waals surface area contributed by atoms with E-state index in [1.165, 1.54) is 155 Å². The van der Waals surface area contributed by atoms with Crippen molar-refractivity contribution in [1.29, 1.82) is 0 Å². The van der Waals surface area contributed by atoms with Crippen LogP contribution in [0, 0.1) is 23.7 Å². The molecule has 5 aliphatic rings. The van der Waals surface area contributed by atoms with Crippen molar-refractivity contribution in [2.24, 2.45) is 23.7 Å². The summed E-state index contributed by atoms with van der Waals surface area (Å²) in [5.74, 6) is 3.91. The van der Waals surface area contributed by atoms with E-state index in [4.69, 9.17) is 0 Å². The molecule has 5 aliphatic heterocycles. The van der Waals surface area contributed by atoms with Gasteiger partial charge < -0.3 is 9.80 Å². The van der Waals surface area contributed by atoms with E-state index >= 15 is 0 Å². The average Bonchev–Trinajstić information content (AvgIpc) is 2.80. The Bertz CT molecular complexity index is 529. The molecule has 2 heteroatoms. The van der Waals surface area contributed by atoms with Crippen LogP contribution in [0.5, 0.6) is 0 Å². The summed E-state index contributed by atoms with van der Waals surface area (Å²) in [4.78, 5) is 5.81. The first kappa shape index (κ1) is 24.8. The lowest BCUT2D eigenvalue weighted by molar-refractivity contribution is 0.0191. The van der Waals surface area contributed by atoms with Crippen LogP contribution >= 0.6 is 0 Å². The third-order valence-electron chi connectivity index (χ3n) is 9.43. The molecule has 6 bridgehead atoms. The Morgan fingerprint density at radius 1 is 0.469 bits per heavy atom. The number of rotatable bonds is 0. The molecule has 0 N–H and O–H groups in total. The van der Waals surface area contributed by atoms with Gasteiger partial charge in [-0.1, -0.05) is 69.9 Å². The minimum atomic E-state index is 0.948. The minimum absolute atomic E-state index is 0.948. The predicted molar refractivity (Wildman–Crippen MR) is 139 cm³/mol. The Morgan fingerprint density at radius 2 is 1.12 bits per heavy atom. The van der Waals surface area contributed by atoms with E-state index in [2.05, 4.69) is 22.0 Å². The molecule has 2 unspecified atom stereocenters. The molecule has 0 aliphatic carbocycles. The van der Waals surface area contributed by atoms with Gasteiger partial charge in [-0.2, -0.15) is 0 Å². The monoisotopic (exact) mass is 442 g/mol. The quantitative estimate of drug-likeness (QED) is 0.355. The van der Waals surface area contributed by atoms with E-state index in [1.807, 2.05) is 0 Å². The standard InChI is InChI=1S/C30H54N2/c1-3-7-11-15-20-31-22-19-30-28(25-31)18-14-10-6-2-4-8-12-16-21-32-24-27(17-13-9-5-1)23-29(30)26-32/h5,9,27-30H,1-4,6-8,10-26H2/t27-,28-,29+,30-/m0/s1. The second-order valence-corrected chi connectivity index (χ2v) is 12.0. The van der Waals surface area contributed by atoms with Crippen molar-refractivity contribution >= 4 is 0 Å². The van der Waals surface area contributed by atoms with Crippen molar-refractivity contribution in [2.75, 3.05) is 39.3 Å². The summed E-state index contributed by atoms with van der Waals surface area (Å²) < 4.78 is 0. The summed E-state index contributed by atoms with van der Waals surface area (Å²) in [6.45, 7) is 8.39. The number of fused-ring (bicyclic) bond motifs is 10. The predicted octanol–water partition coefficient (Wildman–Crippen LogP) is 7.69. The summed E-state index contributed by atoms with van der Waals surface area (Å²) in [6.07, 6.45) is 31.2. The molecule has 0 saturated carbocycles. The fourth-order valence-corrected chi connectivity index (χ4v) is 7.63. The van der Waals surface area contributed by atoms with E-state index in [0.29, 0.717) is 0 Å². The highest BCUT2D eigenvalue weighted by Crippen LogP contribution is 2.40. The fraction of sp³-hybridized carbons (Fsp3) is 0.933. The third-order valence-corrected chi connectivity index (χ3v) is 9.43. The van der Waals surface area contributed by atoms with Gasteiger partial charge in [-0.25, -0.2) is 0 Å². The van der Waals surface area contributed by atoms with Crippen molar-refractivity contribution in [3.8, 4) is 0 Å². The summed E-state index contributed by atoms with van der Waals surface area (Å²) in [5.41, 5.74) is 0. The van der Waals surface area contributed by atoms with E-state index < -0.39 is 0 Å². The van der Waals surface area contributed by atoms with E-state index in [9.17, 15) is 0 Å². The first-order chi connectivity index (χ1) is 15.9. The normalized spacial score (nSPS) is 39.2. The maximum atomic E-state index is 2.93. The second-order valence-electron chi connectivity index (χ2n) is 12.0. The molecule has 32 heavy (non-hydrogen) atoms. The lowest BCUT2D eigenvalue weighted by atomic mass is 9.69. The zero-order valence-corrected chi connectivity index (χ0v) is 21.3. The molecule has 0 amide bonds. The smallest absolute Gasteiger partial charge is 0.00127 e. The Kier molecular flexibility index (Phi) is 11.0. The Labute approximate surface area is 200 Å². The topological polar surface area (TPSA) is 6.48 Å². The molecule has 0 radical (unpaired) electrons. The Morgan fingerprint density at radius 3 is 1.97 bits per heavy atom. The van der Waals surface area contributed by atoms with Gasteiger partial charge in [0.1, 0.15) is 0 Å². The van der Waals surface area contributed by atoms with E-state index in [1.54, 1.807) is 0 Å². The van der Waals surface area contributed by atoms with Crippen LogP contribution in [-0.4, -0.2) is 49.1 Å². The molecule has 184 valence electrons. The van der Waals surface area contributed by atoms with Gasteiger partial charge >= 0.3 is 0 Å². The molecule has 2 nitrogen and oxygen atoms in total. The minimum Gasteiger partial charge on any atom is -0.303 e. The molecule has 5 heterocycles. The molecule has 0 aromatic rings. The van der Waals surface area contributed by atoms with Gasteiger partial charge in [-0.05, 0) is 101 Å². The third kappa shape index (κ3) is 8.15. The molecule has 3 fully saturated rings. The van der Waals surface area contributed by atoms with Gasteiger partial charge in [0, 0.05) is 19.6 Å². The van der Waals surface area contributed by atoms with Gasteiger partial charge in [-0.15, -0.1) is 0 Å². The largest absolute Gasteiger partial charge is 0.303 e. The highest BCUT2D eigenvalue weighted by molar-refractivity contribution is 4.91. The molecule has 3 saturated heterocycles. The van der Waals surface area contributed by atoms with Crippen molar-refractivity contribution in [3.63, 3.8) is 0 Å². The fourth-order valence-electron chi connectivity index (χ4n) is 7.63. The van der Waals surface area contributed by atoms with Crippen LogP contribution in [-0.2, 0) is 0 Å². The highest BCUT2D eigenvalue weighted by Gasteiger charge is 2.38. The summed E-state index contributed by atoms with van der Waals surface area (Å²) in [6, 6.07) is 0. The van der Waals surface area contributed by atoms with Crippen LogP contribution in [0.3, 0.4) is 0 Å². The molecule has 0 spiro atoms. The number of nitrogens with zero attached hydrogens (tertiary/aromatic N) is 2.